The normalized spacial score (nSPS) is 26.5. The minimum atomic E-state index is 0.263. The number of rotatable bonds is 4. The first kappa shape index (κ1) is 15.8. The van der Waals surface area contributed by atoms with Crippen molar-refractivity contribution < 1.29 is 9.53 Å². The van der Waals surface area contributed by atoms with E-state index in [0.29, 0.717) is 12.0 Å². The molecule has 2 aliphatic heterocycles. The summed E-state index contributed by atoms with van der Waals surface area (Å²) in [6, 6.07) is 0. The molecule has 4 heteroatoms. The highest BCUT2D eigenvalue weighted by Crippen LogP contribution is 2.22. The molecule has 0 aromatic rings. The maximum atomic E-state index is 12.6. The molecule has 2 heterocycles. The number of hydrogen-bond donors (Lipinski definition) is 0. The Hall–Kier alpha value is -0.610. The summed E-state index contributed by atoms with van der Waals surface area (Å²) in [5, 5.41) is 0. The predicted octanol–water partition coefficient (Wildman–Crippen LogP) is 2.14. The molecule has 0 aromatic heterocycles. The van der Waals surface area contributed by atoms with E-state index in [0.717, 1.165) is 71.3 Å². The molecule has 0 spiro atoms. The summed E-state index contributed by atoms with van der Waals surface area (Å²) >= 11 is 0. The Kier molecular flexibility index (Phi) is 6.30. The minimum Gasteiger partial charge on any atom is -0.378 e. The summed E-state index contributed by atoms with van der Waals surface area (Å²) in [6.45, 7) is 6.94. The van der Waals surface area contributed by atoms with Gasteiger partial charge in [-0.1, -0.05) is 6.92 Å². The van der Waals surface area contributed by atoms with Crippen LogP contribution in [0.25, 0.3) is 0 Å². The Morgan fingerprint density at radius 2 is 1.85 bits per heavy atom. The number of amides is 1. The van der Waals surface area contributed by atoms with E-state index in [1.807, 2.05) is 0 Å². The number of nitrogens with zero attached hydrogens (tertiary/aromatic N) is 2. The SMILES string of the molecule is CCCOC1CCCN(C(=O)C2CCN(C)CC2)CC1. The molecule has 1 atom stereocenters. The lowest BCUT2D eigenvalue weighted by molar-refractivity contribution is -0.137. The zero-order valence-corrected chi connectivity index (χ0v) is 13.1. The van der Waals surface area contributed by atoms with Crippen molar-refractivity contribution in [2.45, 2.75) is 51.6 Å². The molecule has 116 valence electrons. The van der Waals surface area contributed by atoms with Crippen LogP contribution in [0.5, 0.6) is 0 Å². The molecule has 0 N–H and O–H groups in total. The first-order valence-electron chi connectivity index (χ1n) is 8.29. The summed E-state index contributed by atoms with van der Waals surface area (Å²) < 4.78 is 5.86. The van der Waals surface area contributed by atoms with Crippen LogP contribution in [-0.4, -0.2) is 61.6 Å². The smallest absolute Gasteiger partial charge is 0.225 e. The summed E-state index contributed by atoms with van der Waals surface area (Å²) in [6.07, 6.45) is 6.71. The Bertz CT molecular complexity index is 301. The van der Waals surface area contributed by atoms with Crippen LogP contribution in [0.3, 0.4) is 0 Å². The van der Waals surface area contributed by atoms with E-state index >= 15 is 0 Å². The van der Waals surface area contributed by atoms with Crippen LogP contribution in [0.4, 0.5) is 0 Å². The van der Waals surface area contributed by atoms with Gasteiger partial charge in [0.1, 0.15) is 0 Å². The fourth-order valence-corrected chi connectivity index (χ4v) is 3.25. The highest BCUT2D eigenvalue weighted by atomic mass is 16.5. The molecule has 0 saturated carbocycles. The second-order valence-electron chi connectivity index (χ2n) is 6.33. The van der Waals surface area contributed by atoms with Gasteiger partial charge in [-0.2, -0.15) is 0 Å². The Morgan fingerprint density at radius 3 is 2.55 bits per heavy atom. The summed E-state index contributed by atoms with van der Waals surface area (Å²) in [5.41, 5.74) is 0. The Morgan fingerprint density at radius 1 is 1.10 bits per heavy atom. The van der Waals surface area contributed by atoms with Gasteiger partial charge < -0.3 is 14.5 Å². The van der Waals surface area contributed by atoms with E-state index in [9.17, 15) is 4.79 Å². The number of ether oxygens (including phenoxy) is 1. The zero-order chi connectivity index (χ0) is 14.4. The van der Waals surface area contributed by atoms with Gasteiger partial charge >= 0.3 is 0 Å². The largest absolute Gasteiger partial charge is 0.378 e. The van der Waals surface area contributed by atoms with Crippen molar-refractivity contribution in [3.63, 3.8) is 0 Å². The molecule has 20 heavy (non-hydrogen) atoms. The lowest BCUT2D eigenvalue weighted by atomic mass is 9.95. The van der Waals surface area contributed by atoms with Crippen LogP contribution in [0.15, 0.2) is 0 Å². The third-order valence-corrected chi connectivity index (χ3v) is 4.61. The zero-order valence-electron chi connectivity index (χ0n) is 13.1. The topological polar surface area (TPSA) is 32.8 Å². The quantitative estimate of drug-likeness (QED) is 0.792. The molecule has 2 aliphatic rings. The van der Waals surface area contributed by atoms with Crippen molar-refractivity contribution in [2.75, 3.05) is 39.8 Å². The number of piperidine rings is 1. The van der Waals surface area contributed by atoms with Crippen LogP contribution in [-0.2, 0) is 9.53 Å². The molecule has 1 unspecified atom stereocenters. The van der Waals surface area contributed by atoms with Crippen molar-refractivity contribution in [3.05, 3.63) is 0 Å². The molecule has 2 saturated heterocycles. The molecule has 0 bridgehead atoms. The van der Waals surface area contributed by atoms with Gasteiger partial charge in [0.05, 0.1) is 6.10 Å². The standard InChI is InChI=1S/C16H30N2O2/c1-3-13-20-15-5-4-9-18(12-8-15)16(19)14-6-10-17(2)11-7-14/h14-15H,3-13H2,1-2H3. The summed E-state index contributed by atoms with van der Waals surface area (Å²) in [7, 11) is 2.14. The first-order valence-corrected chi connectivity index (χ1v) is 8.29. The number of carbonyl (C=O) groups excluding carboxylic acids is 1. The maximum Gasteiger partial charge on any atom is 0.225 e. The predicted molar refractivity (Wildman–Crippen MR) is 80.7 cm³/mol. The molecule has 0 aliphatic carbocycles. The van der Waals surface area contributed by atoms with Crippen LogP contribution in [0.1, 0.15) is 45.4 Å². The summed E-state index contributed by atoms with van der Waals surface area (Å²) in [5.74, 6) is 0.661. The molecule has 0 aromatic carbocycles. The van der Waals surface area contributed by atoms with Gasteiger partial charge in [0.15, 0.2) is 0 Å². The van der Waals surface area contributed by atoms with Crippen LogP contribution in [0.2, 0.25) is 0 Å². The van der Waals surface area contributed by atoms with E-state index in [1.54, 1.807) is 0 Å². The van der Waals surface area contributed by atoms with Crippen molar-refractivity contribution in [3.8, 4) is 0 Å². The Labute approximate surface area is 123 Å². The van der Waals surface area contributed by atoms with E-state index in [2.05, 4.69) is 23.8 Å². The van der Waals surface area contributed by atoms with Gasteiger partial charge in [-0.15, -0.1) is 0 Å². The average Bonchev–Trinajstić information content (AvgIpc) is 2.70. The first-order chi connectivity index (χ1) is 9.70. The number of likely N-dealkylation sites (tertiary alicyclic amines) is 2. The average molecular weight is 282 g/mol. The van der Waals surface area contributed by atoms with Gasteiger partial charge in [-0.05, 0) is 58.7 Å². The second kappa shape index (κ2) is 7.99. The summed E-state index contributed by atoms with van der Waals surface area (Å²) in [4.78, 5) is 17.0. The van der Waals surface area contributed by atoms with Crippen LogP contribution in [0, 0.1) is 5.92 Å². The van der Waals surface area contributed by atoms with Crippen molar-refractivity contribution in [1.82, 2.24) is 9.80 Å². The second-order valence-corrected chi connectivity index (χ2v) is 6.33. The van der Waals surface area contributed by atoms with Crippen LogP contribution >= 0.6 is 0 Å². The fraction of sp³-hybridized carbons (Fsp3) is 0.938. The molecular formula is C16H30N2O2. The van der Waals surface area contributed by atoms with Gasteiger partial charge in [0.25, 0.3) is 0 Å². The number of carbonyl (C=O) groups is 1. The molecule has 1 amide bonds. The molecule has 2 rings (SSSR count). The van der Waals surface area contributed by atoms with Gasteiger partial charge in [-0.25, -0.2) is 0 Å². The number of hydrogen-bond acceptors (Lipinski definition) is 3. The van der Waals surface area contributed by atoms with E-state index in [1.165, 1.54) is 0 Å². The van der Waals surface area contributed by atoms with Crippen molar-refractivity contribution >= 4 is 5.91 Å². The maximum absolute atomic E-state index is 12.6. The lowest BCUT2D eigenvalue weighted by Crippen LogP contribution is -2.42. The molecule has 4 nitrogen and oxygen atoms in total. The van der Waals surface area contributed by atoms with Crippen molar-refractivity contribution in [2.24, 2.45) is 5.92 Å². The van der Waals surface area contributed by atoms with Gasteiger partial charge in [0, 0.05) is 25.6 Å². The molecule has 0 radical (unpaired) electrons. The molecular weight excluding hydrogens is 252 g/mol. The minimum absolute atomic E-state index is 0.263. The third-order valence-electron chi connectivity index (χ3n) is 4.61. The van der Waals surface area contributed by atoms with Crippen LogP contribution < -0.4 is 0 Å². The highest BCUT2D eigenvalue weighted by molar-refractivity contribution is 5.79. The fourth-order valence-electron chi connectivity index (χ4n) is 3.25. The van der Waals surface area contributed by atoms with E-state index in [4.69, 9.17) is 4.74 Å². The molecule has 2 fully saturated rings. The highest BCUT2D eigenvalue weighted by Gasteiger charge is 2.29. The lowest BCUT2D eigenvalue weighted by Gasteiger charge is -2.32. The van der Waals surface area contributed by atoms with E-state index in [-0.39, 0.29) is 5.92 Å². The third kappa shape index (κ3) is 4.45. The van der Waals surface area contributed by atoms with E-state index < -0.39 is 0 Å². The van der Waals surface area contributed by atoms with Crippen molar-refractivity contribution in [1.29, 1.82) is 0 Å². The monoisotopic (exact) mass is 282 g/mol. The van der Waals surface area contributed by atoms with Gasteiger partial charge in [0.2, 0.25) is 5.91 Å². The van der Waals surface area contributed by atoms with Gasteiger partial charge in [-0.3, -0.25) is 4.79 Å². The Balaban J connectivity index is 1.79.